The Morgan fingerprint density at radius 1 is 1.44 bits per heavy atom. The molecule has 8 nitrogen and oxygen atoms in total. The number of amides is 1. The minimum absolute atomic E-state index is 0.0510. The second kappa shape index (κ2) is 5.62. The molecule has 0 saturated carbocycles. The number of carbonyl (C=O) groups is 2. The zero-order chi connectivity index (χ0) is 13.7. The molecule has 0 radical (unpaired) electrons. The molecule has 8 heteroatoms. The number of benzene rings is 1. The SMILES string of the molecule is CNC(=O)c1ccc(NCC(=O)O)c([N+](=O)[O-])c1. The molecule has 0 atom stereocenters. The molecule has 0 aliphatic heterocycles. The first kappa shape index (κ1) is 13.4. The average Bonchev–Trinajstić information content (AvgIpc) is 2.34. The molecule has 0 saturated heterocycles. The summed E-state index contributed by atoms with van der Waals surface area (Å²) in [6.45, 7) is -0.444. The molecule has 0 unspecified atom stereocenters. The Morgan fingerprint density at radius 3 is 2.61 bits per heavy atom. The van der Waals surface area contributed by atoms with Crippen molar-refractivity contribution in [2.45, 2.75) is 0 Å². The number of carboxylic acid groups (broad SMARTS) is 1. The fourth-order valence-electron chi connectivity index (χ4n) is 1.29. The van der Waals surface area contributed by atoms with E-state index >= 15 is 0 Å². The molecule has 1 amide bonds. The maximum absolute atomic E-state index is 11.3. The summed E-state index contributed by atoms with van der Waals surface area (Å²) in [6, 6.07) is 3.75. The van der Waals surface area contributed by atoms with Crippen molar-refractivity contribution in [2.75, 3.05) is 18.9 Å². The number of hydrogen-bond donors (Lipinski definition) is 3. The lowest BCUT2D eigenvalue weighted by Gasteiger charge is -2.06. The molecule has 0 heterocycles. The molecule has 0 fully saturated rings. The van der Waals surface area contributed by atoms with Crippen LogP contribution in [0.3, 0.4) is 0 Å². The normalized spacial score (nSPS) is 9.61. The van der Waals surface area contributed by atoms with E-state index < -0.39 is 23.3 Å². The van der Waals surface area contributed by atoms with E-state index in [1.807, 2.05) is 0 Å². The second-order valence-electron chi connectivity index (χ2n) is 3.32. The molecule has 0 spiro atoms. The van der Waals surface area contributed by atoms with Crippen LogP contribution in [0.1, 0.15) is 10.4 Å². The predicted molar refractivity (Wildman–Crippen MR) is 62.6 cm³/mol. The van der Waals surface area contributed by atoms with Gasteiger partial charge in [-0.05, 0) is 12.1 Å². The van der Waals surface area contributed by atoms with Gasteiger partial charge in [-0.25, -0.2) is 0 Å². The number of carboxylic acids is 1. The van der Waals surface area contributed by atoms with Gasteiger partial charge in [-0.2, -0.15) is 0 Å². The number of carbonyl (C=O) groups excluding carboxylic acids is 1. The Labute approximate surface area is 102 Å². The second-order valence-corrected chi connectivity index (χ2v) is 3.32. The van der Waals surface area contributed by atoms with Crippen LogP contribution in [-0.4, -0.2) is 35.5 Å². The van der Waals surface area contributed by atoms with Crippen molar-refractivity contribution in [2.24, 2.45) is 0 Å². The summed E-state index contributed by atoms with van der Waals surface area (Å²) >= 11 is 0. The highest BCUT2D eigenvalue weighted by molar-refractivity contribution is 5.95. The van der Waals surface area contributed by atoms with Crippen molar-refractivity contribution < 1.29 is 19.6 Å². The topological polar surface area (TPSA) is 122 Å². The van der Waals surface area contributed by atoms with Crippen LogP contribution in [0, 0.1) is 10.1 Å². The highest BCUT2D eigenvalue weighted by Crippen LogP contribution is 2.25. The van der Waals surface area contributed by atoms with Gasteiger partial charge in [0.1, 0.15) is 12.2 Å². The molecule has 0 bridgehead atoms. The van der Waals surface area contributed by atoms with Gasteiger partial charge in [0, 0.05) is 18.7 Å². The number of nitro groups is 1. The van der Waals surface area contributed by atoms with Crippen LogP contribution < -0.4 is 10.6 Å². The van der Waals surface area contributed by atoms with Gasteiger partial charge in [0.15, 0.2) is 0 Å². The highest BCUT2D eigenvalue weighted by Gasteiger charge is 2.17. The first-order chi connectivity index (χ1) is 8.45. The van der Waals surface area contributed by atoms with Crippen LogP contribution in [0.5, 0.6) is 0 Å². The summed E-state index contributed by atoms with van der Waals surface area (Å²) in [5.74, 6) is -1.59. The lowest BCUT2D eigenvalue weighted by atomic mass is 10.1. The van der Waals surface area contributed by atoms with E-state index in [1.165, 1.54) is 19.2 Å². The molecular weight excluding hydrogens is 242 g/mol. The smallest absolute Gasteiger partial charge is 0.322 e. The standard InChI is InChI=1S/C10H11N3O5/c1-11-10(16)6-2-3-7(12-5-9(14)15)8(4-6)13(17)18/h2-4,12H,5H2,1H3,(H,11,16)(H,14,15). The van der Waals surface area contributed by atoms with Gasteiger partial charge in [0.25, 0.3) is 11.6 Å². The number of nitro benzene ring substituents is 1. The zero-order valence-electron chi connectivity index (χ0n) is 9.47. The van der Waals surface area contributed by atoms with Crippen molar-refractivity contribution >= 4 is 23.3 Å². The van der Waals surface area contributed by atoms with Crippen LogP contribution in [0.2, 0.25) is 0 Å². The summed E-state index contributed by atoms with van der Waals surface area (Å²) < 4.78 is 0. The number of rotatable bonds is 5. The lowest BCUT2D eigenvalue weighted by Crippen LogP contribution is -2.18. The summed E-state index contributed by atoms with van der Waals surface area (Å²) in [5.41, 5.74) is -0.169. The van der Waals surface area contributed by atoms with E-state index in [1.54, 1.807) is 0 Å². The van der Waals surface area contributed by atoms with Crippen LogP contribution >= 0.6 is 0 Å². The Kier molecular flexibility index (Phi) is 4.19. The van der Waals surface area contributed by atoms with E-state index in [-0.39, 0.29) is 16.9 Å². The van der Waals surface area contributed by atoms with E-state index in [4.69, 9.17) is 5.11 Å². The first-order valence-electron chi connectivity index (χ1n) is 4.92. The van der Waals surface area contributed by atoms with Crippen molar-refractivity contribution in [3.8, 4) is 0 Å². The van der Waals surface area contributed by atoms with E-state index in [0.29, 0.717) is 0 Å². The van der Waals surface area contributed by atoms with Gasteiger partial charge >= 0.3 is 5.97 Å². The molecule has 1 aromatic rings. The van der Waals surface area contributed by atoms with Crippen molar-refractivity contribution in [3.05, 3.63) is 33.9 Å². The van der Waals surface area contributed by atoms with Gasteiger partial charge in [0.05, 0.1) is 4.92 Å². The molecule has 0 aliphatic rings. The fourth-order valence-corrected chi connectivity index (χ4v) is 1.29. The van der Waals surface area contributed by atoms with Crippen LogP contribution in [0.25, 0.3) is 0 Å². The summed E-state index contributed by atoms with van der Waals surface area (Å²) in [4.78, 5) is 31.8. The largest absolute Gasteiger partial charge is 0.480 e. The van der Waals surface area contributed by atoms with Crippen molar-refractivity contribution in [1.82, 2.24) is 5.32 Å². The number of aliphatic carboxylic acids is 1. The van der Waals surface area contributed by atoms with Gasteiger partial charge in [0.2, 0.25) is 0 Å². The van der Waals surface area contributed by atoms with Crippen molar-refractivity contribution in [3.63, 3.8) is 0 Å². The van der Waals surface area contributed by atoms with Crippen LogP contribution in [0.4, 0.5) is 11.4 Å². The predicted octanol–water partition coefficient (Wildman–Crippen LogP) is 0.451. The third-order valence-corrected chi connectivity index (χ3v) is 2.11. The Morgan fingerprint density at radius 2 is 2.11 bits per heavy atom. The molecule has 0 aliphatic carbocycles. The molecular formula is C10H11N3O5. The summed E-state index contributed by atoms with van der Waals surface area (Å²) in [6.07, 6.45) is 0. The van der Waals surface area contributed by atoms with Gasteiger partial charge in [-0.1, -0.05) is 0 Å². The monoisotopic (exact) mass is 253 g/mol. The van der Waals surface area contributed by atoms with Crippen LogP contribution in [-0.2, 0) is 4.79 Å². The minimum atomic E-state index is -1.14. The molecule has 1 rings (SSSR count). The van der Waals surface area contributed by atoms with Crippen molar-refractivity contribution in [1.29, 1.82) is 0 Å². The number of nitrogens with one attached hydrogen (secondary N) is 2. The van der Waals surface area contributed by atoms with Gasteiger partial charge in [-0.3, -0.25) is 19.7 Å². The average molecular weight is 253 g/mol. The summed E-state index contributed by atoms with van der Waals surface area (Å²) in [5, 5.41) is 24.1. The molecule has 1 aromatic carbocycles. The third kappa shape index (κ3) is 3.17. The molecule has 96 valence electrons. The highest BCUT2D eigenvalue weighted by atomic mass is 16.6. The van der Waals surface area contributed by atoms with E-state index in [9.17, 15) is 19.7 Å². The first-order valence-corrected chi connectivity index (χ1v) is 4.92. The van der Waals surface area contributed by atoms with E-state index in [2.05, 4.69) is 10.6 Å². The Bertz CT molecular complexity index is 500. The van der Waals surface area contributed by atoms with Gasteiger partial charge < -0.3 is 15.7 Å². The Balaban J connectivity index is 3.08. The number of nitrogens with zero attached hydrogens (tertiary/aromatic N) is 1. The third-order valence-electron chi connectivity index (χ3n) is 2.11. The molecule has 0 aromatic heterocycles. The number of anilines is 1. The lowest BCUT2D eigenvalue weighted by molar-refractivity contribution is -0.384. The van der Waals surface area contributed by atoms with E-state index in [0.717, 1.165) is 6.07 Å². The maximum Gasteiger partial charge on any atom is 0.322 e. The zero-order valence-corrected chi connectivity index (χ0v) is 9.47. The number of hydrogen-bond acceptors (Lipinski definition) is 5. The Hall–Kier alpha value is -2.64. The minimum Gasteiger partial charge on any atom is -0.480 e. The quantitative estimate of drug-likeness (QED) is 0.517. The van der Waals surface area contributed by atoms with Gasteiger partial charge in [-0.15, -0.1) is 0 Å². The summed E-state index contributed by atoms with van der Waals surface area (Å²) in [7, 11) is 1.41. The fraction of sp³-hybridized carbons (Fsp3) is 0.200. The molecule has 3 N–H and O–H groups in total. The van der Waals surface area contributed by atoms with Crippen LogP contribution in [0.15, 0.2) is 18.2 Å². The molecule has 18 heavy (non-hydrogen) atoms. The maximum atomic E-state index is 11.3.